The lowest BCUT2D eigenvalue weighted by Gasteiger charge is -2.51. The Morgan fingerprint density at radius 2 is 2.26 bits per heavy atom. The van der Waals surface area contributed by atoms with Crippen LogP contribution in [-0.4, -0.2) is 34.1 Å². The zero-order valence-corrected chi connectivity index (χ0v) is 13.2. The van der Waals surface area contributed by atoms with Crippen LogP contribution in [0.3, 0.4) is 0 Å². The molecule has 3 N–H and O–H groups in total. The van der Waals surface area contributed by atoms with Gasteiger partial charge in [-0.15, -0.1) is 6.58 Å². The van der Waals surface area contributed by atoms with Crippen molar-refractivity contribution in [3.63, 3.8) is 0 Å². The highest BCUT2D eigenvalue weighted by atomic mass is 16.3. The van der Waals surface area contributed by atoms with Crippen LogP contribution in [0.15, 0.2) is 43.1 Å². The third-order valence-corrected chi connectivity index (χ3v) is 5.69. The van der Waals surface area contributed by atoms with Gasteiger partial charge in [-0.25, -0.2) is 0 Å². The average Bonchev–Trinajstić information content (AvgIpc) is 2.60. The van der Waals surface area contributed by atoms with E-state index in [1.807, 2.05) is 18.3 Å². The molecule has 1 aromatic carbocycles. The van der Waals surface area contributed by atoms with Crippen LogP contribution in [0.1, 0.15) is 24.4 Å². The lowest BCUT2D eigenvalue weighted by Crippen LogP contribution is -2.56. The third-order valence-electron chi connectivity index (χ3n) is 5.69. The molecular weight excluding hydrogens is 286 g/mol. The van der Waals surface area contributed by atoms with E-state index in [0.29, 0.717) is 17.9 Å². The van der Waals surface area contributed by atoms with Gasteiger partial charge < -0.3 is 10.8 Å². The Morgan fingerprint density at radius 1 is 1.39 bits per heavy atom. The maximum atomic E-state index is 9.83. The van der Waals surface area contributed by atoms with Gasteiger partial charge in [-0.1, -0.05) is 6.08 Å². The zero-order valence-electron chi connectivity index (χ0n) is 13.2. The first kappa shape index (κ1) is 14.7. The summed E-state index contributed by atoms with van der Waals surface area (Å²) in [6, 6.07) is 7.60. The first-order valence-electron chi connectivity index (χ1n) is 8.37. The largest absolute Gasteiger partial charge is 0.508 e. The molecular formula is C19H23N3O. The van der Waals surface area contributed by atoms with Gasteiger partial charge in [0.15, 0.2) is 0 Å². The van der Waals surface area contributed by atoms with E-state index in [1.165, 1.54) is 6.42 Å². The second kappa shape index (κ2) is 5.62. The van der Waals surface area contributed by atoms with Crippen LogP contribution >= 0.6 is 0 Å². The topological polar surface area (TPSA) is 62.4 Å². The Bertz CT molecular complexity index is 744. The third kappa shape index (κ3) is 2.42. The van der Waals surface area contributed by atoms with Crippen molar-refractivity contribution >= 4 is 10.9 Å². The molecule has 0 aliphatic carbocycles. The van der Waals surface area contributed by atoms with Crippen LogP contribution in [-0.2, 0) is 0 Å². The molecule has 1 aromatic heterocycles. The summed E-state index contributed by atoms with van der Waals surface area (Å²) in [5, 5.41) is 10.8. The number of nitrogens with zero attached hydrogens (tertiary/aromatic N) is 2. The Labute approximate surface area is 136 Å². The van der Waals surface area contributed by atoms with E-state index in [4.69, 9.17) is 5.73 Å². The van der Waals surface area contributed by atoms with Crippen molar-refractivity contribution in [1.82, 2.24) is 9.88 Å². The SMILES string of the molecule is C=C[C@H]1CN2CC[C@H]1C[C@H]2[C@@H](N)c1ccnc2ccc(O)cc12. The second-order valence-corrected chi connectivity index (χ2v) is 6.87. The first-order valence-corrected chi connectivity index (χ1v) is 8.37. The number of rotatable bonds is 3. The molecule has 4 heterocycles. The zero-order chi connectivity index (χ0) is 16.0. The molecule has 3 aliphatic rings. The van der Waals surface area contributed by atoms with Gasteiger partial charge in [-0.2, -0.15) is 0 Å². The molecule has 2 aromatic rings. The van der Waals surface area contributed by atoms with Crippen molar-refractivity contribution < 1.29 is 5.11 Å². The number of phenols is 1. The molecule has 0 amide bonds. The van der Waals surface area contributed by atoms with E-state index in [1.54, 1.807) is 12.1 Å². The van der Waals surface area contributed by atoms with Crippen LogP contribution < -0.4 is 5.73 Å². The van der Waals surface area contributed by atoms with Crippen LogP contribution in [0.25, 0.3) is 10.9 Å². The fourth-order valence-corrected chi connectivity index (χ4v) is 4.40. The molecule has 5 rings (SSSR count). The number of pyridine rings is 1. The predicted molar refractivity (Wildman–Crippen MR) is 92.1 cm³/mol. The number of hydrogen-bond acceptors (Lipinski definition) is 4. The van der Waals surface area contributed by atoms with Crippen molar-refractivity contribution in [3.05, 3.63) is 48.7 Å². The number of benzene rings is 1. The fourth-order valence-electron chi connectivity index (χ4n) is 4.40. The summed E-state index contributed by atoms with van der Waals surface area (Å²) in [6.07, 6.45) is 6.30. The summed E-state index contributed by atoms with van der Waals surface area (Å²) in [4.78, 5) is 6.91. The van der Waals surface area contributed by atoms with Crippen LogP contribution in [0.4, 0.5) is 0 Å². The number of aromatic hydroxyl groups is 1. The molecule has 3 saturated heterocycles. The Kier molecular flexibility index (Phi) is 3.58. The summed E-state index contributed by atoms with van der Waals surface area (Å²) in [5.74, 6) is 1.57. The molecule has 1 unspecified atom stereocenters. The van der Waals surface area contributed by atoms with Crippen LogP contribution in [0.2, 0.25) is 0 Å². The minimum atomic E-state index is -0.0594. The summed E-state index contributed by atoms with van der Waals surface area (Å²) < 4.78 is 0. The standard InChI is InChI=1S/C19H23N3O/c1-2-12-11-22-8-6-13(12)9-18(22)19(20)15-5-7-21-17-4-3-14(23)10-16(15)17/h2-5,7,10,12-13,18-19,23H,1,6,8-9,11,20H2/t12-,13-,18-,19-/m0/s1. The van der Waals surface area contributed by atoms with E-state index >= 15 is 0 Å². The number of fused-ring (bicyclic) bond motifs is 4. The van der Waals surface area contributed by atoms with Gasteiger partial charge in [0.05, 0.1) is 5.52 Å². The highest BCUT2D eigenvalue weighted by Crippen LogP contribution is 2.41. The van der Waals surface area contributed by atoms with E-state index in [-0.39, 0.29) is 11.8 Å². The van der Waals surface area contributed by atoms with Crippen molar-refractivity contribution in [2.24, 2.45) is 17.6 Å². The molecule has 2 bridgehead atoms. The molecule has 4 heteroatoms. The molecule has 5 atom stereocenters. The van der Waals surface area contributed by atoms with Gasteiger partial charge in [0.2, 0.25) is 0 Å². The van der Waals surface area contributed by atoms with E-state index in [0.717, 1.165) is 36.0 Å². The molecule has 0 radical (unpaired) electrons. The van der Waals surface area contributed by atoms with Gasteiger partial charge in [0.1, 0.15) is 5.75 Å². The monoisotopic (exact) mass is 309 g/mol. The predicted octanol–water partition coefficient (Wildman–Crippen LogP) is 2.84. The smallest absolute Gasteiger partial charge is 0.116 e. The van der Waals surface area contributed by atoms with Crippen molar-refractivity contribution in [2.75, 3.05) is 13.1 Å². The maximum Gasteiger partial charge on any atom is 0.116 e. The number of aromatic nitrogens is 1. The van der Waals surface area contributed by atoms with Crippen molar-refractivity contribution in [1.29, 1.82) is 0 Å². The number of hydrogen-bond donors (Lipinski definition) is 2. The van der Waals surface area contributed by atoms with Crippen molar-refractivity contribution in [2.45, 2.75) is 24.9 Å². The highest BCUT2D eigenvalue weighted by molar-refractivity contribution is 5.83. The summed E-state index contributed by atoms with van der Waals surface area (Å²) in [7, 11) is 0. The number of phenolic OH excluding ortho intramolecular Hbond substituents is 1. The minimum absolute atomic E-state index is 0.0594. The minimum Gasteiger partial charge on any atom is -0.508 e. The molecule has 0 spiro atoms. The molecule has 4 nitrogen and oxygen atoms in total. The Morgan fingerprint density at radius 3 is 3.00 bits per heavy atom. The molecule has 23 heavy (non-hydrogen) atoms. The summed E-state index contributed by atoms with van der Waals surface area (Å²) in [5.41, 5.74) is 8.65. The van der Waals surface area contributed by atoms with Gasteiger partial charge >= 0.3 is 0 Å². The summed E-state index contributed by atoms with van der Waals surface area (Å²) >= 11 is 0. The lowest BCUT2D eigenvalue weighted by molar-refractivity contribution is 0.00749. The molecule has 0 saturated carbocycles. The molecule has 120 valence electrons. The average molecular weight is 309 g/mol. The maximum absolute atomic E-state index is 9.83. The van der Waals surface area contributed by atoms with Crippen LogP contribution in [0.5, 0.6) is 5.75 Å². The summed E-state index contributed by atoms with van der Waals surface area (Å²) in [6.45, 7) is 6.18. The quantitative estimate of drug-likeness (QED) is 0.856. The number of nitrogens with two attached hydrogens (primary N) is 1. The van der Waals surface area contributed by atoms with E-state index < -0.39 is 0 Å². The van der Waals surface area contributed by atoms with Gasteiger partial charge in [0, 0.05) is 30.2 Å². The number of piperidine rings is 3. The van der Waals surface area contributed by atoms with Crippen molar-refractivity contribution in [3.8, 4) is 5.75 Å². The Balaban J connectivity index is 1.69. The fraction of sp³-hybridized carbons (Fsp3) is 0.421. The van der Waals surface area contributed by atoms with E-state index in [2.05, 4.69) is 22.5 Å². The van der Waals surface area contributed by atoms with Gasteiger partial charge in [-0.3, -0.25) is 9.88 Å². The highest BCUT2D eigenvalue weighted by Gasteiger charge is 2.41. The molecule has 3 aliphatic heterocycles. The van der Waals surface area contributed by atoms with Gasteiger partial charge in [-0.05, 0) is 61.1 Å². The normalized spacial score (nSPS) is 31.2. The van der Waals surface area contributed by atoms with Gasteiger partial charge in [0.25, 0.3) is 0 Å². The first-order chi connectivity index (χ1) is 11.2. The van der Waals surface area contributed by atoms with Crippen LogP contribution in [0, 0.1) is 11.8 Å². The molecule has 3 fully saturated rings. The second-order valence-electron chi connectivity index (χ2n) is 6.87. The lowest BCUT2D eigenvalue weighted by atomic mass is 9.73. The Hall–Kier alpha value is -1.91. The van der Waals surface area contributed by atoms with E-state index in [9.17, 15) is 5.11 Å².